The number of alkyl halides is 1. The highest BCUT2D eigenvalue weighted by molar-refractivity contribution is 7.89. The summed E-state index contributed by atoms with van der Waals surface area (Å²) < 4.78 is 26.0. The van der Waals surface area contributed by atoms with Gasteiger partial charge >= 0.3 is 0 Å². The Bertz CT molecular complexity index is 430. The first-order valence-corrected chi connectivity index (χ1v) is 7.03. The molecule has 1 heterocycles. The van der Waals surface area contributed by atoms with Gasteiger partial charge in [-0.15, -0.1) is 11.6 Å². The standard InChI is InChI=1S/C9H16ClN3O2S/c1-3-8(10)4-5-12-16(14,15)9-6-11-13-7(9)2/h6,8,12H,3-5H2,1-2H3,(H,11,13). The average Bonchev–Trinajstić information content (AvgIpc) is 2.64. The number of nitrogens with one attached hydrogen (secondary N) is 2. The number of aryl methyl sites for hydroxylation is 1. The monoisotopic (exact) mass is 265 g/mol. The van der Waals surface area contributed by atoms with Crippen LogP contribution in [0.15, 0.2) is 11.1 Å². The Morgan fingerprint density at radius 2 is 2.31 bits per heavy atom. The summed E-state index contributed by atoms with van der Waals surface area (Å²) in [6.07, 6.45) is 2.75. The Balaban J connectivity index is 2.57. The van der Waals surface area contributed by atoms with Crippen molar-refractivity contribution in [2.45, 2.75) is 37.0 Å². The third-order valence-electron chi connectivity index (χ3n) is 2.27. The molecule has 92 valence electrons. The summed E-state index contributed by atoms with van der Waals surface area (Å²) in [4.78, 5) is 0.190. The lowest BCUT2D eigenvalue weighted by Crippen LogP contribution is -2.26. The van der Waals surface area contributed by atoms with Gasteiger partial charge in [0.25, 0.3) is 0 Å². The molecule has 7 heteroatoms. The van der Waals surface area contributed by atoms with Gasteiger partial charge in [0.1, 0.15) is 4.90 Å². The van der Waals surface area contributed by atoms with E-state index in [9.17, 15) is 8.42 Å². The predicted octanol–water partition coefficient (Wildman–Crippen LogP) is 1.40. The molecule has 0 spiro atoms. The van der Waals surface area contributed by atoms with Crippen LogP contribution in [0.1, 0.15) is 25.5 Å². The Labute approximate surface area is 101 Å². The number of rotatable bonds is 6. The Morgan fingerprint density at radius 3 is 2.81 bits per heavy atom. The normalized spacial score (nSPS) is 13.9. The molecule has 0 radical (unpaired) electrons. The van der Waals surface area contributed by atoms with Gasteiger partial charge in [0.2, 0.25) is 10.0 Å². The van der Waals surface area contributed by atoms with Gasteiger partial charge in [-0.2, -0.15) is 5.10 Å². The van der Waals surface area contributed by atoms with Gasteiger partial charge in [-0.05, 0) is 19.8 Å². The summed E-state index contributed by atoms with van der Waals surface area (Å²) >= 11 is 5.90. The van der Waals surface area contributed by atoms with E-state index < -0.39 is 10.0 Å². The number of nitrogens with zero attached hydrogens (tertiary/aromatic N) is 1. The molecule has 0 aliphatic heterocycles. The van der Waals surface area contributed by atoms with Crippen LogP contribution in [0.25, 0.3) is 0 Å². The molecule has 0 fully saturated rings. The number of hydrogen-bond donors (Lipinski definition) is 2. The summed E-state index contributed by atoms with van der Waals surface area (Å²) in [6, 6.07) is 0. The quantitative estimate of drug-likeness (QED) is 0.764. The van der Waals surface area contributed by atoms with Crippen LogP contribution in [0, 0.1) is 6.92 Å². The third-order valence-corrected chi connectivity index (χ3v) is 4.37. The zero-order chi connectivity index (χ0) is 12.2. The molecule has 1 atom stereocenters. The molecule has 2 N–H and O–H groups in total. The summed E-state index contributed by atoms with van der Waals surface area (Å²) in [7, 11) is -3.45. The van der Waals surface area contributed by atoms with Crippen LogP contribution in [-0.4, -0.2) is 30.5 Å². The lowest BCUT2D eigenvalue weighted by molar-refractivity contribution is 0.576. The molecule has 0 aromatic carbocycles. The third kappa shape index (κ3) is 3.47. The highest BCUT2D eigenvalue weighted by atomic mass is 35.5. The molecule has 0 saturated heterocycles. The number of aromatic amines is 1. The van der Waals surface area contributed by atoms with Gasteiger partial charge in [-0.25, -0.2) is 13.1 Å². The Hall–Kier alpha value is -0.590. The van der Waals surface area contributed by atoms with Crippen molar-refractivity contribution < 1.29 is 8.42 Å². The minimum atomic E-state index is -3.45. The van der Waals surface area contributed by atoms with E-state index in [1.54, 1.807) is 6.92 Å². The maximum Gasteiger partial charge on any atom is 0.243 e. The van der Waals surface area contributed by atoms with Gasteiger partial charge < -0.3 is 0 Å². The number of sulfonamides is 1. The van der Waals surface area contributed by atoms with Crippen LogP contribution >= 0.6 is 11.6 Å². The van der Waals surface area contributed by atoms with Crippen molar-refractivity contribution in [3.05, 3.63) is 11.9 Å². The van der Waals surface area contributed by atoms with E-state index in [2.05, 4.69) is 14.9 Å². The molecule has 0 saturated carbocycles. The fourth-order valence-electron chi connectivity index (χ4n) is 1.24. The first kappa shape index (κ1) is 13.5. The van der Waals surface area contributed by atoms with Crippen molar-refractivity contribution in [2.24, 2.45) is 0 Å². The smallest absolute Gasteiger partial charge is 0.243 e. The second-order valence-corrected chi connectivity index (χ2v) is 5.90. The molecule has 16 heavy (non-hydrogen) atoms. The van der Waals surface area contributed by atoms with Gasteiger partial charge in [0, 0.05) is 11.9 Å². The predicted molar refractivity (Wildman–Crippen MR) is 63.1 cm³/mol. The van der Waals surface area contributed by atoms with E-state index in [-0.39, 0.29) is 10.3 Å². The van der Waals surface area contributed by atoms with Gasteiger partial charge in [0.15, 0.2) is 0 Å². The minimum absolute atomic E-state index is 0.00754. The fraction of sp³-hybridized carbons (Fsp3) is 0.667. The molecular weight excluding hydrogens is 250 g/mol. The molecule has 5 nitrogen and oxygen atoms in total. The van der Waals surface area contributed by atoms with E-state index >= 15 is 0 Å². The van der Waals surface area contributed by atoms with Gasteiger partial charge in [-0.3, -0.25) is 5.10 Å². The zero-order valence-electron chi connectivity index (χ0n) is 9.33. The summed E-state index contributed by atoms with van der Waals surface area (Å²) in [5.74, 6) is 0. The number of hydrogen-bond acceptors (Lipinski definition) is 3. The SMILES string of the molecule is CCC(Cl)CCNS(=O)(=O)c1cn[nH]c1C. The van der Waals surface area contributed by atoms with Gasteiger partial charge in [0.05, 0.1) is 11.9 Å². The summed E-state index contributed by atoms with van der Waals surface area (Å²) in [5, 5.41) is 6.27. The van der Waals surface area contributed by atoms with E-state index in [4.69, 9.17) is 11.6 Å². The first-order valence-electron chi connectivity index (χ1n) is 5.11. The molecule has 1 aromatic rings. The fourth-order valence-corrected chi connectivity index (χ4v) is 2.53. The molecule has 1 aromatic heterocycles. The highest BCUT2D eigenvalue weighted by Crippen LogP contribution is 2.11. The minimum Gasteiger partial charge on any atom is -0.281 e. The second-order valence-electron chi connectivity index (χ2n) is 3.55. The van der Waals surface area contributed by atoms with Crippen LogP contribution in [-0.2, 0) is 10.0 Å². The number of H-pyrrole nitrogens is 1. The highest BCUT2D eigenvalue weighted by Gasteiger charge is 2.18. The number of aromatic nitrogens is 2. The molecule has 0 aliphatic carbocycles. The Morgan fingerprint density at radius 1 is 1.62 bits per heavy atom. The largest absolute Gasteiger partial charge is 0.281 e. The average molecular weight is 266 g/mol. The van der Waals surface area contributed by atoms with E-state index in [0.717, 1.165) is 6.42 Å². The van der Waals surface area contributed by atoms with E-state index in [1.165, 1.54) is 6.20 Å². The topological polar surface area (TPSA) is 74.8 Å². The van der Waals surface area contributed by atoms with Crippen molar-refractivity contribution in [1.82, 2.24) is 14.9 Å². The zero-order valence-corrected chi connectivity index (χ0v) is 10.9. The molecule has 0 amide bonds. The second kappa shape index (κ2) is 5.65. The van der Waals surface area contributed by atoms with Crippen LogP contribution in [0.3, 0.4) is 0 Å². The molecule has 0 bridgehead atoms. The molecule has 0 aliphatic rings. The summed E-state index contributed by atoms with van der Waals surface area (Å²) in [6.45, 7) is 3.97. The van der Waals surface area contributed by atoms with Crippen LogP contribution < -0.4 is 4.72 Å². The maximum atomic E-state index is 11.8. The van der Waals surface area contributed by atoms with Crippen molar-refractivity contribution >= 4 is 21.6 Å². The van der Waals surface area contributed by atoms with E-state index in [1.807, 2.05) is 6.92 Å². The van der Waals surface area contributed by atoms with Crippen molar-refractivity contribution in [3.8, 4) is 0 Å². The lowest BCUT2D eigenvalue weighted by atomic mass is 10.2. The van der Waals surface area contributed by atoms with Crippen molar-refractivity contribution in [3.63, 3.8) is 0 Å². The molecular formula is C9H16ClN3O2S. The van der Waals surface area contributed by atoms with Crippen LogP contribution in [0.2, 0.25) is 0 Å². The first-order chi connectivity index (χ1) is 7.47. The van der Waals surface area contributed by atoms with Crippen LogP contribution in [0.5, 0.6) is 0 Å². The van der Waals surface area contributed by atoms with Crippen molar-refractivity contribution in [1.29, 1.82) is 0 Å². The number of halogens is 1. The molecule has 1 rings (SSSR count). The Kier molecular flexibility index (Phi) is 4.76. The van der Waals surface area contributed by atoms with E-state index in [0.29, 0.717) is 18.7 Å². The van der Waals surface area contributed by atoms with Gasteiger partial charge in [-0.1, -0.05) is 6.92 Å². The van der Waals surface area contributed by atoms with Crippen molar-refractivity contribution in [2.75, 3.05) is 6.54 Å². The summed E-state index contributed by atoms with van der Waals surface area (Å²) in [5.41, 5.74) is 0.533. The van der Waals surface area contributed by atoms with Crippen LogP contribution in [0.4, 0.5) is 0 Å². The molecule has 1 unspecified atom stereocenters. The maximum absolute atomic E-state index is 11.8. The lowest BCUT2D eigenvalue weighted by Gasteiger charge is -2.08.